The zero-order chi connectivity index (χ0) is 18.5. The summed E-state index contributed by atoms with van der Waals surface area (Å²) in [4.78, 5) is 37.3. The molecule has 26 heavy (non-hydrogen) atoms. The lowest BCUT2D eigenvalue weighted by atomic mass is 10.1. The van der Waals surface area contributed by atoms with Crippen LogP contribution in [0.2, 0.25) is 0 Å². The highest BCUT2D eigenvalue weighted by molar-refractivity contribution is 6.28. The van der Waals surface area contributed by atoms with Crippen molar-refractivity contribution in [1.29, 1.82) is 0 Å². The van der Waals surface area contributed by atoms with Gasteiger partial charge in [-0.15, -0.1) is 0 Å². The average Bonchev–Trinajstić information content (AvgIpc) is 3.12. The van der Waals surface area contributed by atoms with Gasteiger partial charge in [0.2, 0.25) is 0 Å². The van der Waals surface area contributed by atoms with Gasteiger partial charge < -0.3 is 4.42 Å². The van der Waals surface area contributed by atoms with E-state index >= 15 is 0 Å². The molecule has 132 valence electrons. The molecule has 0 spiro atoms. The normalized spacial score (nSPS) is 16.6. The van der Waals surface area contributed by atoms with Crippen molar-refractivity contribution in [2.75, 3.05) is 6.54 Å². The summed E-state index contributed by atoms with van der Waals surface area (Å²) in [5.41, 5.74) is 0.624. The summed E-state index contributed by atoms with van der Waals surface area (Å²) in [7, 11) is 0. The zero-order valence-corrected chi connectivity index (χ0v) is 13.6. The van der Waals surface area contributed by atoms with Crippen LogP contribution in [-0.2, 0) is 16.0 Å². The van der Waals surface area contributed by atoms with Crippen molar-refractivity contribution in [1.82, 2.24) is 10.2 Å². The Labute approximate surface area is 148 Å². The Bertz CT molecular complexity index is 883. The number of barbiturate groups is 1. The Morgan fingerprint density at radius 3 is 2.58 bits per heavy atom. The molecule has 2 aromatic rings. The molecule has 1 aromatic carbocycles. The predicted octanol–water partition coefficient (Wildman–Crippen LogP) is 2.68. The Morgan fingerprint density at radius 2 is 1.88 bits per heavy atom. The maximum absolute atomic E-state index is 12.9. The van der Waals surface area contributed by atoms with E-state index in [1.165, 1.54) is 30.5 Å². The number of allylic oxidation sites excluding steroid dienone is 2. The van der Waals surface area contributed by atoms with E-state index in [4.69, 9.17) is 4.42 Å². The number of benzene rings is 1. The molecule has 0 saturated carbocycles. The second-order valence-electron chi connectivity index (χ2n) is 5.55. The molecule has 2 heterocycles. The number of hydrogen-bond acceptors (Lipinski definition) is 4. The number of amides is 4. The quantitative estimate of drug-likeness (QED) is 0.661. The molecule has 0 bridgehead atoms. The fraction of sp³-hybridized carbons (Fsp3) is 0.105. The molecular weight excluding hydrogens is 339 g/mol. The molecule has 6 nitrogen and oxygen atoms in total. The van der Waals surface area contributed by atoms with E-state index in [1.54, 1.807) is 30.3 Å². The zero-order valence-electron chi connectivity index (χ0n) is 13.6. The van der Waals surface area contributed by atoms with E-state index in [9.17, 15) is 18.8 Å². The summed E-state index contributed by atoms with van der Waals surface area (Å²) in [6.07, 6.45) is 6.27. The van der Waals surface area contributed by atoms with Crippen LogP contribution in [0.3, 0.4) is 0 Å². The standard InChI is InChI=1S/C19H15FN2O4/c20-14-8-6-13(7-9-14)10-11-22-18(24)16(17(23)21-19(22)25)5-1-3-15-4-2-12-26-15/h1-9,12H,10-11H2,(H,21,23,25)/b3-1+,16-5-. The summed E-state index contributed by atoms with van der Waals surface area (Å²) in [6.45, 7) is 0.0722. The van der Waals surface area contributed by atoms with Gasteiger partial charge in [-0.25, -0.2) is 9.18 Å². The lowest BCUT2D eigenvalue weighted by molar-refractivity contribution is -0.130. The monoisotopic (exact) mass is 354 g/mol. The number of imide groups is 2. The highest BCUT2D eigenvalue weighted by Crippen LogP contribution is 2.13. The number of nitrogens with one attached hydrogen (secondary N) is 1. The van der Waals surface area contributed by atoms with Crippen LogP contribution in [0.5, 0.6) is 0 Å². The maximum atomic E-state index is 12.9. The fourth-order valence-corrected chi connectivity index (χ4v) is 2.43. The third-order valence-corrected chi connectivity index (χ3v) is 3.79. The van der Waals surface area contributed by atoms with Crippen molar-refractivity contribution in [2.24, 2.45) is 0 Å². The van der Waals surface area contributed by atoms with E-state index in [1.807, 2.05) is 0 Å². The topological polar surface area (TPSA) is 79.6 Å². The van der Waals surface area contributed by atoms with E-state index < -0.39 is 17.8 Å². The lowest BCUT2D eigenvalue weighted by Gasteiger charge is -2.26. The van der Waals surface area contributed by atoms with Crippen LogP contribution in [0, 0.1) is 5.82 Å². The molecule has 0 radical (unpaired) electrons. The van der Waals surface area contributed by atoms with Gasteiger partial charge in [0.05, 0.1) is 6.26 Å². The van der Waals surface area contributed by atoms with Gasteiger partial charge in [-0.2, -0.15) is 0 Å². The Balaban J connectivity index is 1.71. The van der Waals surface area contributed by atoms with Gasteiger partial charge in [0.15, 0.2) is 0 Å². The third-order valence-electron chi connectivity index (χ3n) is 3.79. The van der Waals surface area contributed by atoms with E-state index in [0.29, 0.717) is 12.2 Å². The van der Waals surface area contributed by atoms with Crippen LogP contribution in [0.15, 0.2) is 64.8 Å². The Morgan fingerprint density at radius 1 is 1.12 bits per heavy atom. The van der Waals surface area contributed by atoms with Gasteiger partial charge >= 0.3 is 6.03 Å². The van der Waals surface area contributed by atoms with Gasteiger partial charge in [0, 0.05) is 6.54 Å². The average molecular weight is 354 g/mol. The predicted molar refractivity (Wildman–Crippen MR) is 91.2 cm³/mol. The van der Waals surface area contributed by atoms with Crippen LogP contribution in [0.1, 0.15) is 11.3 Å². The number of nitrogens with zero attached hydrogens (tertiary/aromatic N) is 1. The molecule has 0 aliphatic carbocycles. The summed E-state index contributed by atoms with van der Waals surface area (Å²) in [6, 6.07) is 8.43. The third kappa shape index (κ3) is 3.94. The molecule has 3 rings (SSSR count). The Kier molecular flexibility index (Phi) is 5.07. The number of hydrogen-bond donors (Lipinski definition) is 1. The first-order valence-corrected chi connectivity index (χ1v) is 7.88. The number of halogens is 1. The molecule has 4 amide bonds. The van der Waals surface area contributed by atoms with Crippen molar-refractivity contribution in [3.63, 3.8) is 0 Å². The number of rotatable bonds is 5. The van der Waals surface area contributed by atoms with Crippen LogP contribution < -0.4 is 5.32 Å². The first kappa shape index (κ1) is 17.3. The SMILES string of the molecule is O=C1NC(=O)N(CCc2ccc(F)cc2)C(=O)/C1=C\C=C\c1ccco1. The second-order valence-corrected chi connectivity index (χ2v) is 5.55. The smallest absolute Gasteiger partial charge is 0.331 e. The van der Waals surface area contributed by atoms with Gasteiger partial charge in [-0.3, -0.25) is 19.8 Å². The minimum Gasteiger partial charge on any atom is -0.465 e. The minimum atomic E-state index is -0.769. The van der Waals surface area contributed by atoms with Crippen molar-refractivity contribution in [3.05, 3.63) is 77.5 Å². The summed E-state index contributed by atoms with van der Waals surface area (Å²) < 4.78 is 18.1. The number of carbonyl (C=O) groups excluding carboxylic acids is 3. The largest absolute Gasteiger partial charge is 0.465 e. The van der Waals surface area contributed by atoms with E-state index in [-0.39, 0.29) is 17.9 Å². The van der Waals surface area contributed by atoms with Gasteiger partial charge in [0.1, 0.15) is 17.2 Å². The summed E-state index contributed by atoms with van der Waals surface area (Å²) in [5, 5.41) is 2.14. The molecule has 1 aliphatic rings. The maximum Gasteiger partial charge on any atom is 0.331 e. The van der Waals surface area contributed by atoms with Gasteiger partial charge in [0.25, 0.3) is 11.8 Å². The molecule has 1 aliphatic heterocycles. The number of urea groups is 1. The van der Waals surface area contributed by atoms with Crippen LogP contribution in [0.25, 0.3) is 6.08 Å². The number of furan rings is 1. The van der Waals surface area contributed by atoms with Crippen LogP contribution >= 0.6 is 0 Å². The van der Waals surface area contributed by atoms with Crippen LogP contribution in [-0.4, -0.2) is 29.3 Å². The summed E-state index contributed by atoms with van der Waals surface area (Å²) >= 11 is 0. The van der Waals surface area contributed by atoms with Gasteiger partial charge in [-0.1, -0.05) is 18.2 Å². The Hall–Kier alpha value is -3.48. The molecule has 1 saturated heterocycles. The lowest BCUT2D eigenvalue weighted by Crippen LogP contribution is -2.54. The molecule has 0 unspecified atom stereocenters. The highest BCUT2D eigenvalue weighted by atomic mass is 19.1. The van der Waals surface area contributed by atoms with Crippen molar-refractivity contribution in [2.45, 2.75) is 6.42 Å². The summed E-state index contributed by atoms with van der Waals surface area (Å²) in [5.74, 6) is -1.22. The van der Waals surface area contributed by atoms with Crippen molar-refractivity contribution < 1.29 is 23.2 Å². The first-order chi connectivity index (χ1) is 12.5. The van der Waals surface area contributed by atoms with E-state index in [2.05, 4.69) is 5.32 Å². The minimum absolute atomic E-state index is 0.0722. The number of carbonyl (C=O) groups is 3. The fourth-order valence-electron chi connectivity index (χ4n) is 2.43. The molecular formula is C19H15FN2O4. The molecule has 7 heteroatoms. The second kappa shape index (κ2) is 7.60. The van der Waals surface area contributed by atoms with Crippen molar-refractivity contribution in [3.8, 4) is 0 Å². The van der Waals surface area contributed by atoms with Crippen molar-refractivity contribution >= 4 is 23.9 Å². The highest BCUT2D eigenvalue weighted by Gasteiger charge is 2.34. The first-order valence-electron chi connectivity index (χ1n) is 7.88. The van der Waals surface area contributed by atoms with Crippen LogP contribution in [0.4, 0.5) is 9.18 Å². The molecule has 1 aromatic heterocycles. The molecule has 0 atom stereocenters. The van der Waals surface area contributed by atoms with Gasteiger partial charge in [-0.05, 0) is 48.4 Å². The molecule has 1 fully saturated rings. The molecule has 1 N–H and O–H groups in total. The van der Waals surface area contributed by atoms with E-state index in [0.717, 1.165) is 10.5 Å².